The molecule has 0 bridgehead atoms. The molecule has 4 nitrogen and oxygen atoms in total. The Balaban J connectivity index is 1.92. The number of halogens is 5. The molecule has 3 aromatic carbocycles. The molecule has 37 heavy (non-hydrogen) atoms. The van der Waals surface area contributed by atoms with Crippen LogP contribution in [0.2, 0.25) is 5.02 Å². The fourth-order valence-corrected chi connectivity index (χ4v) is 4.32. The SMILES string of the molecule is Cc1ccc(C(F)(F)F)cc1[C@](Cc1ccccc1)(NC(=O)Nc1cccc(F)c1)c1ccc(Cl)cn1. The van der Waals surface area contributed by atoms with Crippen LogP contribution in [0.5, 0.6) is 0 Å². The van der Waals surface area contributed by atoms with Crippen molar-refractivity contribution >= 4 is 23.3 Å². The summed E-state index contributed by atoms with van der Waals surface area (Å²) in [6, 6.07) is 20.0. The Labute approximate surface area is 216 Å². The Bertz CT molecular complexity index is 1390. The first-order valence-electron chi connectivity index (χ1n) is 11.3. The highest BCUT2D eigenvalue weighted by Gasteiger charge is 2.41. The van der Waals surface area contributed by atoms with Crippen molar-refractivity contribution in [1.29, 1.82) is 0 Å². The number of nitrogens with zero attached hydrogens (tertiary/aromatic N) is 1. The lowest BCUT2D eigenvalue weighted by atomic mass is 9.78. The van der Waals surface area contributed by atoms with E-state index >= 15 is 0 Å². The van der Waals surface area contributed by atoms with Gasteiger partial charge in [-0.05, 0) is 66.1 Å². The van der Waals surface area contributed by atoms with Crippen molar-refractivity contribution in [2.75, 3.05) is 5.32 Å². The number of anilines is 1. The van der Waals surface area contributed by atoms with E-state index in [1.807, 2.05) is 6.07 Å². The molecule has 0 spiro atoms. The summed E-state index contributed by atoms with van der Waals surface area (Å²) in [4.78, 5) is 17.7. The van der Waals surface area contributed by atoms with Gasteiger partial charge in [0.25, 0.3) is 0 Å². The number of alkyl halides is 3. The third kappa shape index (κ3) is 6.09. The van der Waals surface area contributed by atoms with E-state index in [2.05, 4.69) is 15.6 Å². The van der Waals surface area contributed by atoms with Crippen LogP contribution >= 0.6 is 11.6 Å². The topological polar surface area (TPSA) is 54.0 Å². The molecule has 0 saturated heterocycles. The second-order valence-electron chi connectivity index (χ2n) is 8.55. The molecule has 0 saturated carbocycles. The average Bonchev–Trinajstić information content (AvgIpc) is 2.84. The van der Waals surface area contributed by atoms with Gasteiger partial charge >= 0.3 is 12.2 Å². The van der Waals surface area contributed by atoms with Gasteiger partial charge < -0.3 is 10.6 Å². The summed E-state index contributed by atoms with van der Waals surface area (Å²) in [6.45, 7) is 1.66. The van der Waals surface area contributed by atoms with E-state index in [0.717, 1.165) is 23.8 Å². The molecule has 0 aliphatic heterocycles. The molecular formula is C28H22ClF4N3O. The van der Waals surface area contributed by atoms with Crippen molar-refractivity contribution in [3.63, 3.8) is 0 Å². The molecule has 4 aromatic rings. The third-order valence-corrected chi connectivity index (χ3v) is 6.13. The summed E-state index contributed by atoms with van der Waals surface area (Å²) in [5, 5.41) is 5.77. The van der Waals surface area contributed by atoms with Crippen LogP contribution in [0.15, 0.2) is 91.1 Å². The minimum absolute atomic E-state index is 0.0706. The molecular weight excluding hydrogens is 506 g/mol. The second-order valence-corrected chi connectivity index (χ2v) is 8.98. The Hall–Kier alpha value is -3.91. The number of hydrogen-bond donors (Lipinski definition) is 2. The Morgan fingerprint density at radius 1 is 0.946 bits per heavy atom. The smallest absolute Gasteiger partial charge is 0.322 e. The lowest BCUT2D eigenvalue weighted by Gasteiger charge is -2.37. The van der Waals surface area contributed by atoms with Gasteiger partial charge in [0, 0.05) is 18.3 Å². The maximum absolute atomic E-state index is 13.8. The van der Waals surface area contributed by atoms with Crippen molar-refractivity contribution in [2.24, 2.45) is 0 Å². The van der Waals surface area contributed by atoms with Gasteiger partial charge in [0.1, 0.15) is 11.4 Å². The van der Waals surface area contributed by atoms with Crippen LogP contribution in [-0.2, 0) is 18.1 Å². The van der Waals surface area contributed by atoms with E-state index in [-0.39, 0.29) is 23.4 Å². The highest BCUT2D eigenvalue weighted by molar-refractivity contribution is 6.30. The molecule has 2 N–H and O–H groups in total. The fraction of sp³-hybridized carbons (Fsp3) is 0.143. The number of carbonyl (C=O) groups is 1. The maximum Gasteiger partial charge on any atom is 0.416 e. The first kappa shape index (κ1) is 26.2. The minimum atomic E-state index is -4.61. The van der Waals surface area contributed by atoms with Crippen LogP contribution in [0.4, 0.5) is 28.0 Å². The molecule has 9 heteroatoms. The number of aromatic nitrogens is 1. The van der Waals surface area contributed by atoms with Crippen LogP contribution in [0, 0.1) is 12.7 Å². The summed E-state index contributed by atoms with van der Waals surface area (Å²) in [7, 11) is 0. The number of carbonyl (C=O) groups excluding carboxylic acids is 1. The highest BCUT2D eigenvalue weighted by Crippen LogP contribution is 2.39. The van der Waals surface area contributed by atoms with Gasteiger partial charge in [-0.3, -0.25) is 4.98 Å². The summed E-state index contributed by atoms with van der Waals surface area (Å²) in [5.41, 5.74) is -0.515. The van der Waals surface area contributed by atoms with E-state index in [1.165, 1.54) is 30.5 Å². The van der Waals surface area contributed by atoms with Crippen LogP contribution in [-0.4, -0.2) is 11.0 Å². The summed E-state index contributed by atoms with van der Waals surface area (Å²) in [5.74, 6) is -0.554. The zero-order chi connectivity index (χ0) is 26.6. The molecule has 4 rings (SSSR count). The number of pyridine rings is 1. The third-order valence-electron chi connectivity index (χ3n) is 5.91. The highest BCUT2D eigenvalue weighted by atomic mass is 35.5. The molecule has 0 fully saturated rings. The molecule has 1 aromatic heterocycles. The summed E-state index contributed by atoms with van der Waals surface area (Å²) in [6.07, 6.45) is -3.18. The quantitative estimate of drug-likeness (QED) is 0.255. The first-order chi connectivity index (χ1) is 17.6. The zero-order valence-corrected chi connectivity index (χ0v) is 20.4. The van der Waals surface area contributed by atoms with Crippen molar-refractivity contribution < 1.29 is 22.4 Å². The van der Waals surface area contributed by atoms with Crippen LogP contribution < -0.4 is 10.6 Å². The van der Waals surface area contributed by atoms with Crippen molar-refractivity contribution in [3.8, 4) is 0 Å². The molecule has 0 radical (unpaired) electrons. The Morgan fingerprint density at radius 2 is 1.70 bits per heavy atom. The minimum Gasteiger partial charge on any atom is -0.322 e. The first-order valence-corrected chi connectivity index (χ1v) is 11.6. The molecule has 2 amide bonds. The average molecular weight is 528 g/mol. The Kier molecular flexibility index (Phi) is 7.50. The summed E-state index contributed by atoms with van der Waals surface area (Å²) >= 11 is 6.07. The van der Waals surface area contributed by atoms with Gasteiger partial charge in [-0.1, -0.05) is 54.1 Å². The predicted molar refractivity (Wildman–Crippen MR) is 135 cm³/mol. The molecule has 190 valence electrons. The lowest BCUT2D eigenvalue weighted by molar-refractivity contribution is -0.137. The Morgan fingerprint density at radius 3 is 2.35 bits per heavy atom. The van der Waals surface area contributed by atoms with Gasteiger partial charge in [0.2, 0.25) is 0 Å². The van der Waals surface area contributed by atoms with Crippen molar-refractivity contribution in [2.45, 2.75) is 25.1 Å². The monoisotopic (exact) mass is 527 g/mol. The number of benzene rings is 3. The van der Waals surface area contributed by atoms with E-state index in [4.69, 9.17) is 11.6 Å². The van der Waals surface area contributed by atoms with Crippen LogP contribution in [0.1, 0.15) is 27.9 Å². The largest absolute Gasteiger partial charge is 0.416 e. The molecule has 0 aliphatic carbocycles. The number of hydrogen-bond acceptors (Lipinski definition) is 2. The number of aryl methyl sites for hydroxylation is 1. The van der Waals surface area contributed by atoms with Gasteiger partial charge in [-0.25, -0.2) is 9.18 Å². The molecule has 0 unspecified atom stereocenters. The van der Waals surface area contributed by atoms with Crippen molar-refractivity contribution in [1.82, 2.24) is 10.3 Å². The summed E-state index contributed by atoms with van der Waals surface area (Å²) < 4.78 is 55.1. The predicted octanol–water partition coefficient (Wildman–Crippen LogP) is 7.51. The van der Waals surface area contributed by atoms with E-state index in [9.17, 15) is 22.4 Å². The van der Waals surface area contributed by atoms with E-state index in [1.54, 1.807) is 43.3 Å². The fourth-order valence-electron chi connectivity index (χ4n) is 4.21. The number of amides is 2. The van der Waals surface area contributed by atoms with Gasteiger partial charge in [0.05, 0.1) is 16.3 Å². The van der Waals surface area contributed by atoms with Crippen LogP contribution in [0.25, 0.3) is 0 Å². The lowest BCUT2D eigenvalue weighted by Crippen LogP contribution is -2.51. The number of nitrogens with one attached hydrogen (secondary N) is 2. The van der Waals surface area contributed by atoms with E-state index < -0.39 is 29.1 Å². The standard InChI is InChI=1S/C28H22ClF4N3O/c1-18-10-11-20(28(31,32)33)14-24(18)27(16-19-6-3-2-4-7-19,25-13-12-21(29)17-34-25)36-26(37)35-23-9-5-8-22(30)15-23/h2-15,17H,16H2,1H3,(H2,35,36,37)/t27-/m0/s1. The van der Waals surface area contributed by atoms with Gasteiger partial charge in [0.15, 0.2) is 0 Å². The molecule has 1 atom stereocenters. The number of rotatable bonds is 6. The zero-order valence-electron chi connectivity index (χ0n) is 19.6. The number of urea groups is 1. The molecule has 1 heterocycles. The normalized spacial score (nSPS) is 13.0. The molecule has 0 aliphatic rings. The van der Waals surface area contributed by atoms with E-state index in [0.29, 0.717) is 10.6 Å². The van der Waals surface area contributed by atoms with Gasteiger partial charge in [-0.15, -0.1) is 0 Å². The second kappa shape index (κ2) is 10.6. The maximum atomic E-state index is 13.8. The van der Waals surface area contributed by atoms with Crippen LogP contribution in [0.3, 0.4) is 0 Å². The van der Waals surface area contributed by atoms with Gasteiger partial charge in [-0.2, -0.15) is 13.2 Å². The van der Waals surface area contributed by atoms with Crippen molar-refractivity contribution in [3.05, 3.63) is 130 Å².